The number of hydrogen-bond donors (Lipinski definition) is 1. The molecule has 0 bridgehead atoms. The van der Waals surface area contributed by atoms with Crippen LogP contribution in [-0.2, 0) is 0 Å². The molecule has 3 rings (SSSR count). The normalized spacial score (nSPS) is 11.5. The highest BCUT2D eigenvalue weighted by Gasteiger charge is 2.13. The maximum atomic E-state index is 9.65. The topological polar surface area (TPSA) is 70.9 Å². The van der Waals surface area contributed by atoms with Crippen LogP contribution < -0.4 is 9.47 Å². The minimum absolute atomic E-state index is 0.408. The van der Waals surface area contributed by atoms with Gasteiger partial charge in [-0.1, -0.05) is 11.6 Å². The molecule has 3 aromatic rings. The van der Waals surface area contributed by atoms with Crippen molar-refractivity contribution in [2.24, 2.45) is 0 Å². The number of nitrogens with one attached hydrogen (secondary N) is 1. The van der Waals surface area contributed by atoms with Gasteiger partial charge in [0.1, 0.15) is 11.9 Å². The van der Waals surface area contributed by atoms with Gasteiger partial charge in [0, 0.05) is 0 Å². The Labute approximate surface area is 163 Å². The lowest BCUT2D eigenvalue weighted by molar-refractivity contribution is 0.311. The summed E-state index contributed by atoms with van der Waals surface area (Å²) in [7, 11) is 1.54. The molecule has 5 nitrogen and oxygen atoms in total. The van der Waals surface area contributed by atoms with Gasteiger partial charge in [0.2, 0.25) is 0 Å². The van der Waals surface area contributed by atoms with Crippen LogP contribution in [0.4, 0.5) is 0 Å². The van der Waals surface area contributed by atoms with Crippen molar-refractivity contribution in [2.75, 3.05) is 13.7 Å². The number of methoxy groups -OCH3 is 1. The monoisotopic (exact) mass is 381 g/mol. The minimum atomic E-state index is 0.408. The summed E-state index contributed by atoms with van der Waals surface area (Å²) in [5, 5.41) is 10.1. The number of aryl methyl sites for hydroxylation is 2. The number of halogens is 1. The zero-order valence-corrected chi connectivity index (χ0v) is 16.4. The van der Waals surface area contributed by atoms with Gasteiger partial charge >= 0.3 is 0 Å². The number of nitriles is 1. The number of benzene rings is 2. The van der Waals surface area contributed by atoms with E-state index in [1.807, 2.05) is 32.9 Å². The molecule has 0 aliphatic rings. The van der Waals surface area contributed by atoms with Crippen molar-refractivity contribution < 1.29 is 9.47 Å². The van der Waals surface area contributed by atoms with Crippen molar-refractivity contribution in [3.8, 4) is 17.6 Å². The zero-order valence-electron chi connectivity index (χ0n) is 15.7. The van der Waals surface area contributed by atoms with Crippen LogP contribution in [0.2, 0.25) is 5.02 Å². The summed E-state index contributed by atoms with van der Waals surface area (Å²) in [6.45, 7) is 6.45. The molecular formula is C21H20ClN3O2. The Hall–Kier alpha value is -2.97. The second-order valence-electron chi connectivity index (χ2n) is 6.18. The average Bonchev–Trinajstić information content (AvgIpc) is 3.02. The lowest BCUT2D eigenvalue weighted by Crippen LogP contribution is -1.96. The molecule has 1 N–H and O–H groups in total. The second kappa shape index (κ2) is 7.73. The molecule has 0 aliphatic heterocycles. The number of rotatable bonds is 5. The minimum Gasteiger partial charge on any atom is -0.491 e. The van der Waals surface area contributed by atoms with E-state index in [1.165, 1.54) is 5.56 Å². The number of aromatic nitrogens is 2. The largest absolute Gasteiger partial charge is 0.491 e. The van der Waals surface area contributed by atoms with E-state index in [9.17, 15) is 5.26 Å². The molecule has 0 radical (unpaired) electrons. The van der Waals surface area contributed by atoms with Gasteiger partial charge in [-0.3, -0.25) is 0 Å². The van der Waals surface area contributed by atoms with Crippen LogP contribution in [0.1, 0.15) is 29.4 Å². The lowest BCUT2D eigenvalue weighted by Gasteiger charge is -2.11. The van der Waals surface area contributed by atoms with E-state index in [4.69, 9.17) is 21.1 Å². The predicted molar refractivity (Wildman–Crippen MR) is 108 cm³/mol. The van der Waals surface area contributed by atoms with Crippen molar-refractivity contribution in [2.45, 2.75) is 20.8 Å². The maximum absolute atomic E-state index is 9.65. The van der Waals surface area contributed by atoms with E-state index < -0.39 is 0 Å². The molecule has 0 saturated carbocycles. The number of aromatic amines is 1. The van der Waals surface area contributed by atoms with E-state index in [0.717, 1.165) is 22.2 Å². The molecule has 138 valence electrons. The Balaban J connectivity index is 2.08. The number of imidazole rings is 1. The predicted octanol–water partition coefficient (Wildman–Crippen LogP) is 5.30. The molecule has 0 fully saturated rings. The summed E-state index contributed by atoms with van der Waals surface area (Å²) in [5.74, 6) is 1.53. The highest BCUT2D eigenvalue weighted by atomic mass is 35.5. The van der Waals surface area contributed by atoms with Crippen molar-refractivity contribution in [1.82, 2.24) is 9.97 Å². The van der Waals surface area contributed by atoms with E-state index in [1.54, 1.807) is 25.3 Å². The molecule has 1 heterocycles. The number of fused-ring (bicyclic) bond motifs is 1. The highest BCUT2D eigenvalue weighted by molar-refractivity contribution is 6.32. The number of H-pyrrole nitrogens is 1. The Morgan fingerprint density at radius 3 is 2.67 bits per heavy atom. The third-order valence-electron chi connectivity index (χ3n) is 4.32. The first-order valence-electron chi connectivity index (χ1n) is 8.56. The van der Waals surface area contributed by atoms with Gasteiger partial charge in [0.05, 0.1) is 35.3 Å². The fraction of sp³-hybridized carbons (Fsp3) is 0.238. The summed E-state index contributed by atoms with van der Waals surface area (Å²) < 4.78 is 10.9. The molecule has 1 aromatic heterocycles. The maximum Gasteiger partial charge on any atom is 0.179 e. The van der Waals surface area contributed by atoms with E-state index in [0.29, 0.717) is 34.5 Å². The zero-order chi connectivity index (χ0) is 19.6. The Kier molecular flexibility index (Phi) is 5.38. The highest BCUT2D eigenvalue weighted by Crippen LogP contribution is 2.37. The Morgan fingerprint density at radius 1 is 1.26 bits per heavy atom. The first kappa shape index (κ1) is 18.8. The summed E-state index contributed by atoms with van der Waals surface area (Å²) >= 11 is 6.30. The van der Waals surface area contributed by atoms with Gasteiger partial charge in [-0.05, 0) is 67.8 Å². The number of ether oxygens (including phenoxy) is 2. The SMILES string of the molecule is CCOc1cc(/C=C(/C#N)c2nc3cc(C)c(C)cc3[nH]2)cc(Cl)c1OC. The lowest BCUT2D eigenvalue weighted by atomic mass is 10.1. The second-order valence-corrected chi connectivity index (χ2v) is 6.58. The van der Waals surface area contributed by atoms with Gasteiger partial charge in [-0.25, -0.2) is 4.98 Å². The Bertz CT molecular complexity index is 1040. The Morgan fingerprint density at radius 2 is 2.00 bits per heavy atom. The quantitative estimate of drug-likeness (QED) is 0.608. The average molecular weight is 382 g/mol. The summed E-state index contributed by atoms with van der Waals surface area (Å²) in [6, 6.07) is 9.78. The molecule has 0 atom stereocenters. The van der Waals surface area contributed by atoms with Crippen LogP contribution in [0.3, 0.4) is 0 Å². The van der Waals surface area contributed by atoms with Gasteiger partial charge in [-0.15, -0.1) is 0 Å². The summed E-state index contributed by atoms with van der Waals surface area (Å²) in [4.78, 5) is 7.78. The third-order valence-corrected chi connectivity index (χ3v) is 4.60. The van der Waals surface area contributed by atoms with E-state index >= 15 is 0 Å². The van der Waals surface area contributed by atoms with Crippen molar-refractivity contribution in [3.63, 3.8) is 0 Å². The molecule has 0 amide bonds. The van der Waals surface area contributed by atoms with Crippen LogP contribution in [0.15, 0.2) is 24.3 Å². The van der Waals surface area contributed by atoms with Crippen LogP contribution in [0, 0.1) is 25.2 Å². The number of hydrogen-bond acceptors (Lipinski definition) is 4. The molecule has 0 saturated heterocycles. The van der Waals surface area contributed by atoms with E-state index in [2.05, 4.69) is 16.0 Å². The number of nitrogens with zero attached hydrogens (tertiary/aromatic N) is 2. The first-order valence-corrected chi connectivity index (χ1v) is 8.94. The van der Waals surface area contributed by atoms with Crippen molar-refractivity contribution >= 4 is 34.3 Å². The first-order chi connectivity index (χ1) is 13.0. The van der Waals surface area contributed by atoms with E-state index in [-0.39, 0.29) is 0 Å². The number of allylic oxidation sites excluding steroid dienone is 1. The molecule has 0 spiro atoms. The molecule has 6 heteroatoms. The fourth-order valence-corrected chi connectivity index (χ4v) is 3.15. The van der Waals surface area contributed by atoms with Gasteiger partial charge in [-0.2, -0.15) is 5.26 Å². The van der Waals surface area contributed by atoms with Crippen LogP contribution in [-0.4, -0.2) is 23.7 Å². The van der Waals surface area contributed by atoms with Crippen LogP contribution >= 0.6 is 11.6 Å². The van der Waals surface area contributed by atoms with Gasteiger partial charge in [0.15, 0.2) is 11.5 Å². The van der Waals surface area contributed by atoms with Gasteiger partial charge < -0.3 is 14.5 Å². The molecule has 2 aromatic carbocycles. The van der Waals surface area contributed by atoms with Crippen LogP contribution in [0.5, 0.6) is 11.5 Å². The summed E-state index contributed by atoms with van der Waals surface area (Å²) in [6.07, 6.45) is 1.73. The van der Waals surface area contributed by atoms with Crippen molar-refractivity contribution in [1.29, 1.82) is 5.26 Å². The van der Waals surface area contributed by atoms with Gasteiger partial charge in [0.25, 0.3) is 0 Å². The molecule has 0 unspecified atom stereocenters. The smallest absolute Gasteiger partial charge is 0.179 e. The molecule has 0 aliphatic carbocycles. The third kappa shape index (κ3) is 3.76. The summed E-state index contributed by atoms with van der Waals surface area (Å²) in [5.41, 5.74) is 5.20. The van der Waals surface area contributed by atoms with Crippen molar-refractivity contribution in [3.05, 3.63) is 51.8 Å². The molecule has 27 heavy (non-hydrogen) atoms. The van der Waals surface area contributed by atoms with Crippen LogP contribution in [0.25, 0.3) is 22.7 Å². The standard InChI is InChI=1S/C21H20ClN3O2/c1-5-27-19-10-14(9-16(22)20(19)26-4)8-15(11-23)21-24-17-6-12(2)13(3)7-18(17)25-21/h6-10H,5H2,1-4H3,(H,24,25)/b15-8-. The fourth-order valence-electron chi connectivity index (χ4n) is 2.85. The molecular weight excluding hydrogens is 362 g/mol.